The van der Waals surface area contributed by atoms with Crippen LogP contribution in [0.3, 0.4) is 0 Å². The van der Waals surface area contributed by atoms with E-state index in [0.717, 1.165) is 16.9 Å². The summed E-state index contributed by atoms with van der Waals surface area (Å²) in [6, 6.07) is 10.9. The molecule has 7 heteroatoms. The fraction of sp³-hybridized carbons (Fsp3) is 0.300. The monoisotopic (exact) mass is 408 g/mol. The van der Waals surface area contributed by atoms with Gasteiger partial charge in [-0.15, -0.1) is 0 Å². The van der Waals surface area contributed by atoms with Gasteiger partial charge in [0, 0.05) is 7.05 Å². The van der Waals surface area contributed by atoms with Crippen molar-refractivity contribution in [1.29, 1.82) is 0 Å². The largest absolute Gasteiger partial charge is 0.493 e. The van der Waals surface area contributed by atoms with E-state index in [9.17, 15) is 9.59 Å². The number of carbonyl (C=O) groups is 2. The molecule has 2 aromatic carbocycles. The molecule has 2 aromatic rings. The SMILES string of the molecule is Cc1ccc(C)c(OCCC(=O)N(C)CC(=O)Nc2c(Cl)cccc2Cl)c1. The smallest absolute Gasteiger partial charge is 0.244 e. The molecule has 0 heterocycles. The number of para-hydroxylation sites is 1. The van der Waals surface area contributed by atoms with Crippen LogP contribution in [0.4, 0.5) is 5.69 Å². The maximum Gasteiger partial charge on any atom is 0.244 e. The summed E-state index contributed by atoms with van der Waals surface area (Å²) in [4.78, 5) is 25.7. The average Bonchev–Trinajstić information content (AvgIpc) is 2.61. The molecule has 2 amide bonds. The number of aryl methyl sites for hydroxylation is 2. The van der Waals surface area contributed by atoms with Gasteiger partial charge in [0.1, 0.15) is 5.75 Å². The number of hydrogen-bond donors (Lipinski definition) is 1. The van der Waals surface area contributed by atoms with Crippen LogP contribution in [-0.2, 0) is 9.59 Å². The molecule has 27 heavy (non-hydrogen) atoms. The molecule has 144 valence electrons. The molecule has 0 aliphatic carbocycles. The molecule has 0 aliphatic heterocycles. The zero-order chi connectivity index (χ0) is 20.0. The number of amides is 2. The van der Waals surface area contributed by atoms with Crippen LogP contribution >= 0.6 is 23.2 Å². The lowest BCUT2D eigenvalue weighted by molar-refractivity contribution is -0.133. The van der Waals surface area contributed by atoms with Gasteiger partial charge in [0.15, 0.2) is 0 Å². The lowest BCUT2D eigenvalue weighted by atomic mass is 10.1. The van der Waals surface area contributed by atoms with E-state index in [1.165, 1.54) is 4.90 Å². The minimum Gasteiger partial charge on any atom is -0.493 e. The normalized spacial score (nSPS) is 10.4. The number of likely N-dealkylation sites (N-methyl/N-ethyl adjacent to an activating group) is 1. The second-order valence-corrected chi connectivity index (χ2v) is 7.08. The Morgan fingerprint density at radius 1 is 1.11 bits per heavy atom. The molecule has 0 aliphatic rings. The maximum atomic E-state index is 12.2. The van der Waals surface area contributed by atoms with Crippen molar-refractivity contribution in [2.75, 3.05) is 25.5 Å². The molecule has 0 aromatic heterocycles. The molecule has 0 atom stereocenters. The Labute approximate surface area is 169 Å². The first-order valence-electron chi connectivity index (χ1n) is 8.46. The van der Waals surface area contributed by atoms with E-state index in [-0.39, 0.29) is 31.4 Å². The van der Waals surface area contributed by atoms with Crippen molar-refractivity contribution in [3.8, 4) is 5.75 Å². The number of nitrogens with zero attached hydrogens (tertiary/aromatic N) is 1. The third-order valence-corrected chi connectivity index (χ3v) is 4.58. The summed E-state index contributed by atoms with van der Waals surface area (Å²) in [5.74, 6) is 0.188. The van der Waals surface area contributed by atoms with Crippen LogP contribution in [0.5, 0.6) is 5.75 Å². The van der Waals surface area contributed by atoms with Gasteiger partial charge < -0.3 is 15.0 Å². The molecular formula is C20H22Cl2N2O3. The molecule has 2 rings (SSSR count). The van der Waals surface area contributed by atoms with Crippen LogP contribution in [0.2, 0.25) is 10.0 Å². The van der Waals surface area contributed by atoms with E-state index in [1.54, 1.807) is 25.2 Å². The molecule has 5 nitrogen and oxygen atoms in total. The highest BCUT2D eigenvalue weighted by Gasteiger charge is 2.15. The molecule has 0 saturated carbocycles. The Balaban J connectivity index is 1.82. The number of carbonyl (C=O) groups excluding carboxylic acids is 2. The van der Waals surface area contributed by atoms with Crippen LogP contribution in [-0.4, -0.2) is 36.9 Å². The van der Waals surface area contributed by atoms with Crippen molar-refractivity contribution in [2.24, 2.45) is 0 Å². The number of ether oxygens (including phenoxy) is 1. The summed E-state index contributed by atoms with van der Waals surface area (Å²) in [6.45, 7) is 4.07. The van der Waals surface area contributed by atoms with E-state index >= 15 is 0 Å². The van der Waals surface area contributed by atoms with Crippen molar-refractivity contribution < 1.29 is 14.3 Å². The number of benzene rings is 2. The van der Waals surface area contributed by atoms with Crippen LogP contribution in [0.1, 0.15) is 17.5 Å². The van der Waals surface area contributed by atoms with Crippen molar-refractivity contribution in [3.05, 3.63) is 57.6 Å². The van der Waals surface area contributed by atoms with Gasteiger partial charge in [-0.25, -0.2) is 0 Å². The highest BCUT2D eigenvalue weighted by molar-refractivity contribution is 6.39. The third-order valence-electron chi connectivity index (χ3n) is 3.95. The molecule has 0 spiro atoms. The fourth-order valence-electron chi connectivity index (χ4n) is 2.40. The molecular weight excluding hydrogens is 387 g/mol. The first-order valence-corrected chi connectivity index (χ1v) is 9.21. The van der Waals surface area contributed by atoms with Gasteiger partial charge in [-0.05, 0) is 43.2 Å². The van der Waals surface area contributed by atoms with Crippen molar-refractivity contribution in [3.63, 3.8) is 0 Å². The van der Waals surface area contributed by atoms with Crippen LogP contribution in [0.15, 0.2) is 36.4 Å². The minimum absolute atomic E-state index is 0.107. The maximum absolute atomic E-state index is 12.2. The molecule has 0 fully saturated rings. The second kappa shape index (κ2) is 9.62. The van der Waals surface area contributed by atoms with E-state index in [0.29, 0.717) is 15.7 Å². The van der Waals surface area contributed by atoms with Gasteiger partial charge in [0.2, 0.25) is 11.8 Å². The summed E-state index contributed by atoms with van der Waals surface area (Å²) in [7, 11) is 1.56. The Hall–Kier alpha value is -2.24. The van der Waals surface area contributed by atoms with E-state index in [4.69, 9.17) is 27.9 Å². The van der Waals surface area contributed by atoms with Crippen LogP contribution < -0.4 is 10.1 Å². The van der Waals surface area contributed by atoms with Crippen LogP contribution in [0, 0.1) is 13.8 Å². The summed E-state index contributed by atoms with van der Waals surface area (Å²) < 4.78 is 5.69. The first kappa shape index (κ1) is 21.1. The Morgan fingerprint density at radius 3 is 2.44 bits per heavy atom. The van der Waals surface area contributed by atoms with Gasteiger partial charge in [-0.3, -0.25) is 9.59 Å². The molecule has 0 saturated heterocycles. The summed E-state index contributed by atoms with van der Waals surface area (Å²) in [6.07, 6.45) is 0.171. The quantitative estimate of drug-likeness (QED) is 0.734. The number of halogens is 2. The average molecular weight is 409 g/mol. The van der Waals surface area contributed by atoms with E-state index in [1.807, 2.05) is 32.0 Å². The molecule has 0 unspecified atom stereocenters. The zero-order valence-electron chi connectivity index (χ0n) is 15.5. The summed E-state index contributed by atoms with van der Waals surface area (Å²) >= 11 is 12.1. The lowest BCUT2D eigenvalue weighted by Gasteiger charge is -2.18. The summed E-state index contributed by atoms with van der Waals surface area (Å²) in [5.41, 5.74) is 2.44. The zero-order valence-corrected chi connectivity index (χ0v) is 17.0. The molecule has 0 radical (unpaired) electrons. The van der Waals surface area contributed by atoms with Crippen molar-refractivity contribution in [2.45, 2.75) is 20.3 Å². The number of anilines is 1. The number of nitrogens with one attached hydrogen (secondary N) is 1. The van der Waals surface area contributed by atoms with Gasteiger partial charge in [0.25, 0.3) is 0 Å². The standard InChI is InChI=1S/C20H22Cl2N2O3/c1-13-7-8-14(2)17(11-13)27-10-9-19(26)24(3)12-18(25)23-20-15(21)5-4-6-16(20)22/h4-8,11H,9-10,12H2,1-3H3,(H,23,25). The highest BCUT2D eigenvalue weighted by atomic mass is 35.5. The Morgan fingerprint density at radius 2 is 1.78 bits per heavy atom. The van der Waals surface area contributed by atoms with Gasteiger partial charge in [-0.2, -0.15) is 0 Å². The van der Waals surface area contributed by atoms with E-state index < -0.39 is 0 Å². The fourth-order valence-corrected chi connectivity index (χ4v) is 2.89. The van der Waals surface area contributed by atoms with Gasteiger partial charge >= 0.3 is 0 Å². The topological polar surface area (TPSA) is 58.6 Å². The van der Waals surface area contributed by atoms with E-state index in [2.05, 4.69) is 5.32 Å². The molecule has 0 bridgehead atoms. The Kier molecular flexibility index (Phi) is 7.51. The number of hydrogen-bond acceptors (Lipinski definition) is 3. The predicted octanol–water partition coefficient (Wildman–Crippen LogP) is 4.48. The van der Waals surface area contributed by atoms with Gasteiger partial charge in [-0.1, -0.05) is 41.4 Å². The highest BCUT2D eigenvalue weighted by Crippen LogP contribution is 2.29. The lowest BCUT2D eigenvalue weighted by Crippen LogP contribution is -2.35. The minimum atomic E-state index is -0.378. The third kappa shape index (κ3) is 6.15. The first-order chi connectivity index (χ1) is 12.8. The Bertz CT molecular complexity index is 820. The number of rotatable bonds is 7. The second-order valence-electron chi connectivity index (χ2n) is 6.26. The molecule has 1 N–H and O–H groups in total. The van der Waals surface area contributed by atoms with Crippen LogP contribution in [0.25, 0.3) is 0 Å². The van der Waals surface area contributed by atoms with Crippen molar-refractivity contribution >= 4 is 40.7 Å². The predicted molar refractivity (Wildman–Crippen MR) is 109 cm³/mol. The summed E-state index contributed by atoms with van der Waals surface area (Å²) in [5, 5.41) is 3.31. The van der Waals surface area contributed by atoms with Crippen molar-refractivity contribution in [1.82, 2.24) is 4.90 Å². The van der Waals surface area contributed by atoms with Gasteiger partial charge in [0.05, 0.1) is 35.3 Å².